The van der Waals surface area contributed by atoms with Crippen molar-refractivity contribution in [2.45, 2.75) is 48.4 Å². The van der Waals surface area contributed by atoms with Gasteiger partial charge in [0.1, 0.15) is 0 Å². The Bertz CT molecular complexity index is 922. The summed E-state index contributed by atoms with van der Waals surface area (Å²) in [6.07, 6.45) is 0.638. The summed E-state index contributed by atoms with van der Waals surface area (Å²) in [5, 5.41) is 12.9. The Hall–Kier alpha value is -2.51. The standard InChI is InChI=1S/C18H23N3O8S2/c22-13(8-12-30-14-5-1-3-11-20-14)19-10-4-2-9-18(17(25)26,31(27,28)29)21-15(23)6-7-16(21)24/h1,3,5,11H,2,4,6-10,12H2,(H,19,22)(H,25,26)(H,27,28,29). The number of aromatic nitrogens is 1. The number of hydrogen-bond acceptors (Lipinski definition) is 8. The Balaban J connectivity index is 1.86. The number of likely N-dealkylation sites (tertiary alicyclic amines) is 1. The van der Waals surface area contributed by atoms with E-state index in [9.17, 15) is 37.3 Å². The summed E-state index contributed by atoms with van der Waals surface area (Å²) in [5.74, 6) is -3.68. The van der Waals surface area contributed by atoms with Crippen LogP contribution < -0.4 is 5.32 Å². The smallest absolute Gasteiger partial charge is 0.348 e. The van der Waals surface area contributed by atoms with Gasteiger partial charge >= 0.3 is 16.1 Å². The predicted octanol–water partition coefficient (Wildman–Crippen LogP) is 0.668. The second kappa shape index (κ2) is 10.7. The van der Waals surface area contributed by atoms with Crippen molar-refractivity contribution in [3.05, 3.63) is 24.4 Å². The molecule has 1 aromatic heterocycles. The Kier molecular flexibility index (Phi) is 8.53. The highest BCUT2D eigenvalue weighted by Crippen LogP contribution is 2.33. The third-order valence-electron chi connectivity index (χ3n) is 4.66. The molecule has 0 aliphatic carbocycles. The van der Waals surface area contributed by atoms with E-state index in [1.54, 1.807) is 12.3 Å². The molecule has 0 spiro atoms. The monoisotopic (exact) mass is 473 g/mol. The van der Waals surface area contributed by atoms with Crippen molar-refractivity contribution in [1.82, 2.24) is 15.2 Å². The number of aliphatic carboxylic acids is 1. The van der Waals surface area contributed by atoms with Crippen molar-refractivity contribution in [3.63, 3.8) is 0 Å². The number of carbonyl (C=O) groups is 4. The first-order chi connectivity index (χ1) is 14.6. The number of nitrogens with zero attached hydrogens (tertiary/aromatic N) is 2. The minimum absolute atomic E-state index is 0.0773. The third kappa shape index (κ3) is 6.02. The molecule has 0 radical (unpaired) electrons. The number of carboxylic acids is 1. The molecule has 170 valence electrons. The quantitative estimate of drug-likeness (QED) is 0.170. The lowest BCUT2D eigenvalue weighted by molar-refractivity contribution is -0.157. The fraction of sp³-hybridized carbons (Fsp3) is 0.500. The molecule has 1 atom stereocenters. The van der Waals surface area contributed by atoms with Crippen molar-refractivity contribution in [3.8, 4) is 0 Å². The van der Waals surface area contributed by atoms with Gasteiger partial charge in [-0.05, 0) is 31.4 Å². The maximum atomic E-state index is 12.0. The first kappa shape index (κ1) is 24.8. The van der Waals surface area contributed by atoms with Gasteiger partial charge in [0, 0.05) is 37.8 Å². The number of imide groups is 1. The lowest BCUT2D eigenvalue weighted by Crippen LogP contribution is -2.61. The van der Waals surface area contributed by atoms with Crippen LogP contribution in [0.4, 0.5) is 0 Å². The van der Waals surface area contributed by atoms with Gasteiger partial charge in [0.05, 0.1) is 5.03 Å². The molecule has 1 unspecified atom stereocenters. The number of pyridine rings is 1. The predicted molar refractivity (Wildman–Crippen MR) is 109 cm³/mol. The van der Waals surface area contributed by atoms with Gasteiger partial charge < -0.3 is 10.4 Å². The normalized spacial score (nSPS) is 16.2. The van der Waals surface area contributed by atoms with E-state index in [4.69, 9.17) is 0 Å². The van der Waals surface area contributed by atoms with Crippen molar-refractivity contribution in [2.75, 3.05) is 12.3 Å². The van der Waals surface area contributed by atoms with Crippen LogP contribution in [0.5, 0.6) is 0 Å². The lowest BCUT2D eigenvalue weighted by Gasteiger charge is -2.33. The second-order valence-electron chi connectivity index (χ2n) is 6.76. The minimum Gasteiger partial charge on any atom is -0.479 e. The first-order valence-corrected chi connectivity index (χ1v) is 11.9. The summed E-state index contributed by atoms with van der Waals surface area (Å²) < 4.78 is 33.5. The van der Waals surface area contributed by atoms with Crippen LogP contribution in [0, 0.1) is 0 Å². The Morgan fingerprint density at radius 1 is 1.19 bits per heavy atom. The van der Waals surface area contributed by atoms with Crippen LogP contribution in [0.15, 0.2) is 29.4 Å². The van der Waals surface area contributed by atoms with Gasteiger partial charge in [-0.15, -0.1) is 11.8 Å². The molecule has 1 fully saturated rings. The largest absolute Gasteiger partial charge is 0.479 e. The molecule has 0 saturated carbocycles. The third-order valence-corrected chi connectivity index (χ3v) is 7.02. The number of nitrogens with one attached hydrogen (secondary N) is 1. The number of thioether (sulfide) groups is 1. The number of carboxylic acid groups (broad SMARTS) is 1. The summed E-state index contributed by atoms with van der Waals surface area (Å²) in [6.45, 7) is 0.135. The van der Waals surface area contributed by atoms with E-state index in [0.717, 1.165) is 5.03 Å². The van der Waals surface area contributed by atoms with Crippen LogP contribution in [0.1, 0.15) is 38.5 Å². The number of amides is 3. The average molecular weight is 474 g/mol. The minimum atomic E-state index is -5.33. The Morgan fingerprint density at radius 3 is 2.42 bits per heavy atom. The molecule has 11 nitrogen and oxygen atoms in total. The molecule has 2 heterocycles. The average Bonchev–Trinajstić information content (AvgIpc) is 3.03. The topological polar surface area (TPSA) is 171 Å². The van der Waals surface area contributed by atoms with Gasteiger partial charge in [0.25, 0.3) is 4.87 Å². The van der Waals surface area contributed by atoms with E-state index in [1.165, 1.54) is 11.8 Å². The van der Waals surface area contributed by atoms with Crippen molar-refractivity contribution in [1.29, 1.82) is 0 Å². The maximum absolute atomic E-state index is 12.0. The zero-order chi connectivity index (χ0) is 23.1. The zero-order valence-electron chi connectivity index (χ0n) is 16.5. The molecule has 0 bridgehead atoms. The van der Waals surface area contributed by atoms with E-state index in [2.05, 4.69) is 10.3 Å². The maximum Gasteiger partial charge on any atom is 0.348 e. The molecule has 1 saturated heterocycles. The SMILES string of the molecule is O=C(CCSc1ccccn1)NCCCCC(C(=O)O)(N1C(=O)CCC1=O)S(=O)(=O)O. The molecule has 13 heteroatoms. The van der Waals surface area contributed by atoms with Crippen LogP contribution in [-0.4, -0.2) is 68.8 Å². The molecule has 3 N–H and O–H groups in total. The van der Waals surface area contributed by atoms with E-state index in [0.29, 0.717) is 5.75 Å². The fourth-order valence-electron chi connectivity index (χ4n) is 3.14. The molecule has 2 rings (SSSR count). The molecule has 1 aliphatic heterocycles. The van der Waals surface area contributed by atoms with Crippen LogP contribution in [0.2, 0.25) is 0 Å². The number of carbonyl (C=O) groups excluding carboxylic acids is 3. The van der Waals surface area contributed by atoms with Gasteiger partial charge in [0.2, 0.25) is 17.7 Å². The van der Waals surface area contributed by atoms with Crippen molar-refractivity contribution >= 4 is 45.6 Å². The summed E-state index contributed by atoms with van der Waals surface area (Å²) in [5.41, 5.74) is 0. The van der Waals surface area contributed by atoms with E-state index >= 15 is 0 Å². The summed E-state index contributed by atoms with van der Waals surface area (Å²) in [6, 6.07) is 5.44. The molecule has 0 aromatic carbocycles. The second-order valence-corrected chi connectivity index (χ2v) is 9.50. The van der Waals surface area contributed by atoms with Gasteiger partial charge in [0.15, 0.2) is 0 Å². The lowest BCUT2D eigenvalue weighted by atomic mass is 10.1. The summed E-state index contributed by atoms with van der Waals surface area (Å²) >= 11 is 1.42. The molecule has 3 amide bonds. The molecule has 1 aromatic rings. The number of rotatable bonds is 12. The van der Waals surface area contributed by atoms with Crippen LogP contribution >= 0.6 is 11.8 Å². The highest BCUT2D eigenvalue weighted by atomic mass is 32.2. The zero-order valence-corrected chi connectivity index (χ0v) is 18.2. The molecule has 1 aliphatic rings. The van der Waals surface area contributed by atoms with Gasteiger partial charge in [-0.2, -0.15) is 8.42 Å². The van der Waals surface area contributed by atoms with Crippen molar-refractivity contribution < 1.29 is 37.3 Å². The van der Waals surface area contributed by atoms with E-state index < -0.39 is 39.2 Å². The van der Waals surface area contributed by atoms with Gasteiger partial charge in [-0.3, -0.25) is 18.9 Å². The first-order valence-electron chi connectivity index (χ1n) is 9.46. The number of unbranched alkanes of at least 4 members (excludes halogenated alkanes) is 1. The van der Waals surface area contributed by atoms with Crippen molar-refractivity contribution in [2.24, 2.45) is 0 Å². The highest BCUT2D eigenvalue weighted by molar-refractivity contribution is 7.99. The molecule has 31 heavy (non-hydrogen) atoms. The fourth-order valence-corrected chi connectivity index (χ4v) is 5.00. The van der Waals surface area contributed by atoms with E-state index in [1.807, 2.05) is 12.1 Å². The van der Waals surface area contributed by atoms with Crippen LogP contribution in [-0.2, 0) is 29.3 Å². The van der Waals surface area contributed by atoms with E-state index in [-0.39, 0.29) is 49.5 Å². The van der Waals surface area contributed by atoms with Gasteiger partial charge in [-0.25, -0.2) is 14.7 Å². The Morgan fingerprint density at radius 2 is 1.87 bits per heavy atom. The number of hydrogen-bond donors (Lipinski definition) is 3. The highest BCUT2D eigenvalue weighted by Gasteiger charge is 2.60. The molecular weight excluding hydrogens is 450 g/mol. The summed E-state index contributed by atoms with van der Waals surface area (Å²) in [4.78, 5) is 48.8. The van der Waals surface area contributed by atoms with Gasteiger partial charge in [-0.1, -0.05) is 6.07 Å². The molecular formula is C18H23N3O8S2. The van der Waals surface area contributed by atoms with Crippen LogP contribution in [0.3, 0.4) is 0 Å². The van der Waals surface area contributed by atoms with Crippen LogP contribution in [0.25, 0.3) is 0 Å². The summed E-state index contributed by atoms with van der Waals surface area (Å²) in [7, 11) is -5.33. The Labute approximate surface area is 183 Å².